The summed E-state index contributed by atoms with van der Waals surface area (Å²) >= 11 is 1.71. The number of rotatable bonds is 6. The Morgan fingerprint density at radius 1 is 1.25 bits per heavy atom. The van der Waals surface area contributed by atoms with Crippen LogP contribution in [-0.2, 0) is 0 Å². The first-order valence-electron chi connectivity index (χ1n) is 6.86. The number of nitrogens with one attached hydrogen (secondary N) is 2. The molecule has 6 heteroatoms. The normalized spacial score (nSPS) is 12.2. The molecule has 2 aromatic heterocycles. The van der Waals surface area contributed by atoms with Crippen LogP contribution in [0.15, 0.2) is 12.4 Å². The molecule has 2 aromatic rings. The van der Waals surface area contributed by atoms with E-state index in [0.29, 0.717) is 5.95 Å². The predicted molar refractivity (Wildman–Crippen MR) is 84.4 cm³/mol. The van der Waals surface area contributed by atoms with Gasteiger partial charge in [-0.25, -0.2) is 9.97 Å². The first kappa shape index (κ1) is 14.7. The number of anilines is 2. The lowest BCUT2D eigenvalue weighted by Crippen LogP contribution is -2.11. The van der Waals surface area contributed by atoms with Crippen molar-refractivity contribution in [1.82, 2.24) is 15.0 Å². The van der Waals surface area contributed by atoms with E-state index in [0.717, 1.165) is 29.4 Å². The summed E-state index contributed by atoms with van der Waals surface area (Å²) < 4.78 is 0. The summed E-state index contributed by atoms with van der Waals surface area (Å²) in [7, 11) is 0. The highest BCUT2D eigenvalue weighted by Gasteiger charge is 2.12. The molecule has 0 aromatic carbocycles. The fourth-order valence-corrected chi connectivity index (χ4v) is 2.53. The maximum absolute atomic E-state index is 4.53. The number of hydrogen-bond donors (Lipinski definition) is 2. The van der Waals surface area contributed by atoms with E-state index in [2.05, 4.69) is 46.4 Å². The molecule has 2 N–H and O–H groups in total. The van der Waals surface area contributed by atoms with Crippen molar-refractivity contribution in [3.05, 3.63) is 27.8 Å². The standard InChI is InChI=1S/C14H21N5S/c1-5-6-15-14-17-7-9(2)12(19-14)18-11(4)13-16-8-10(3)20-13/h7-8,11H,5-6H2,1-4H3,(H2,15,17,18,19). The van der Waals surface area contributed by atoms with Gasteiger partial charge in [-0.05, 0) is 27.2 Å². The van der Waals surface area contributed by atoms with Crippen molar-refractivity contribution in [2.24, 2.45) is 0 Å². The van der Waals surface area contributed by atoms with Gasteiger partial charge in [0.25, 0.3) is 0 Å². The highest BCUT2D eigenvalue weighted by atomic mass is 32.1. The van der Waals surface area contributed by atoms with Crippen LogP contribution in [0.2, 0.25) is 0 Å². The Balaban J connectivity index is 2.11. The smallest absolute Gasteiger partial charge is 0.224 e. The predicted octanol–water partition coefficient (Wildman–Crippen LogP) is 3.54. The second-order valence-electron chi connectivity index (χ2n) is 4.83. The molecule has 0 aliphatic heterocycles. The van der Waals surface area contributed by atoms with Gasteiger partial charge in [-0.15, -0.1) is 11.3 Å². The summed E-state index contributed by atoms with van der Waals surface area (Å²) in [6.45, 7) is 9.16. The van der Waals surface area contributed by atoms with Gasteiger partial charge < -0.3 is 10.6 Å². The van der Waals surface area contributed by atoms with Crippen LogP contribution in [0.1, 0.15) is 41.8 Å². The molecule has 0 spiro atoms. The Morgan fingerprint density at radius 2 is 2.05 bits per heavy atom. The molecule has 0 aliphatic rings. The molecule has 108 valence electrons. The molecule has 0 bridgehead atoms. The summed E-state index contributed by atoms with van der Waals surface area (Å²) in [6, 6.07) is 0.140. The minimum Gasteiger partial charge on any atom is -0.361 e. The molecule has 0 aliphatic carbocycles. The molecule has 0 fully saturated rings. The van der Waals surface area contributed by atoms with Gasteiger partial charge in [0.05, 0.1) is 6.04 Å². The van der Waals surface area contributed by atoms with Crippen molar-refractivity contribution in [3.63, 3.8) is 0 Å². The lowest BCUT2D eigenvalue weighted by Gasteiger charge is -2.14. The summed E-state index contributed by atoms with van der Waals surface area (Å²) in [5, 5.41) is 7.69. The second-order valence-corrected chi connectivity index (χ2v) is 6.09. The topological polar surface area (TPSA) is 62.7 Å². The van der Waals surface area contributed by atoms with E-state index < -0.39 is 0 Å². The molecule has 1 atom stereocenters. The lowest BCUT2D eigenvalue weighted by atomic mass is 10.3. The Hall–Kier alpha value is -1.69. The maximum Gasteiger partial charge on any atom is 0.224 e. The summed E-state index contributed by atoms with van der Waals surface area (Å²) in [5.74, 6) is 1.53. The largest absolute Gasteiger partial charge is 0.361 e. The molecule has 1 unspecified atom stereocenters. The van der Waals surface area contributed by atoms with E-state index in [-0.39, 0.29) is 6.04 Å². The zero-order valence-electron chi connectivity index (χ0n) is 12.4. The van der Waals surface area contributed by atoms with Crippen LogP contribution in [0, 0.1) is 13.8 Å². The molecule has 0 saturated heterocycles. The molecule has 2 rings (SSSR count). The average Bonchev–Trinajstić information content (AvgIpc) is 2.86. The minimum absolute atomic E-state index is 0.140. The zero-order chi connectivity index (χ0) is 14.5. The van der Waals surface area contributed by atoms with Gasteiger partial charge in [-0.1, -0.05) is 6.92 Å². The Morgan fingerprint density at radius 3 is 2.70 bits per heavy atom. The molecule has 0 saturated carbocycles. The van der Waals surface area contributed by atoms with Gasteiger partial charge in [0.1, 0.15) is 10.8 Å². The van der Waals surface area contributed by atoms with Crippen LogP contribution in [0.4, 0.5) is 11.8 Å². The third kappa shape index (κ3) is 3.66. The molecule has 20 heavy (non-hydrogen) atoms. The van der Waals surface area contributed by atoms with Crippen LogP contribution in [0.5, 0.6) is 0 Å². The molecular weight excluding hydrogens is 270 g/mol. The van der Waals surface area contributed by atoms with Crippen molar-refractivity contribution in [1.29, 1.82) is 0 Å². The maximum atomic E-state index is 4.53. The van der Waals surface area contributed by atoms with E-state index in [4.69, 9.17) is 0 Å². The van der Waals surface area contributed by atoms with E-state index in [1.54, 1.807) is 11.3 Å². The zero-order valence-corrected chi connectivity index (χ0v) is 13.2. The van der Waals surface area contributed by atoms with Gasteiger partial charge in [0.2, 0.25) is 5.95 Å². The Kier molecular flexibility index (Phi) is 4.89. The van der Waals surface area contributed by atoms with Crippen molar-refractivity contribution in [2.45, 2.75) is 40.2 Å². The van der Waals surface area contributed by atoms with E-state index in [9.17, 15) is 0 Å². The quantitative estimate of drug-likeness (QED) is 0.852. The first-order chi connectivity index (χ1) is 9.60. The average molecular weight is 291 g/mol. The van der Waals surface area contributed by atoms with Crippen LogP contribution in [0.25, 0.3) is 0 Å². The van der Waals surface area contributed by atoms with Crippen LogP contribution < -0.4 is 10.6 Å². The van der Waals surface area contributed by atoms with Crippen LogP contribution in [0.3, 0.4) is 0 Å². The second kappa shape index (κ2) is 6.65. The molecule has 0 radical (unpaired) electrons. The highest BCUT2D eigenvalue weighted by molar-refractivity contribution is 7.11. The summed E-state index contributed by atoms with van der Waals surface area (Å²) in [4.78, 5) is 14.4. The van der Waals surface area contributed by atoms with Gasteiger partial charge in [-0.3, -0.25) is 0 Å². The summed E-state index contributed by atoms with van der Waals surface area (Å²) in [5.41, 5.74) is 1.03. The van der Waals surface area contributed by atoms with Crippen LogP contribution in [-0.4, -0.2) is 21.5 Å². The third-order valence-corrected chi connectivity index (χ3v) is 3.96. The molecular formula is C14H21N5S. The van der Waals surface area contributed by atoms with Gasteiger partial charge in [0.15, 0.2) is 0 Å². The third-order valence-electron chi connectivity index (χ3n) is 2.87. The van der Waals surface area contributed by atoms with Crippen LogP contribution >= 0.6 is 11.3 Å². The Bertz CT molecular complexity index is 566. The van der Waals surface area contributed by atoms with Gasteiger partial charge in [-0.2, -0.15) is 4.98 Å². The monoisotopic (exact) mass is 291 g/mol. The Labute approximate surface area is 123 Å². The molecule has 0 amide bonds. The minimum atomic E-state index is 0.140. The van der Waals surface area contributed by atoms with Gasteiger partial charge in [0, 0.05) is 29.4 Å². The fourth-order valence-electron chi connectivity index (χ4n) is 1.75. The lowest BCUT2D eigenvalue weighted by molar-refractivity contribution is 0.853. The van der Waals surface area contributed by atoms with Crippen molar-refractivity contribution in [2.75, 3.05) is 17.2 Å². The fraction of sp³-hybridized carbons (Fsp3) is 0.500. The first-order valence-corrected chi connectivity index (χ1v) is 7.68. The SMILES string of the molecule is CCCNc1ncc(C)c(NC(C)c2ncc(C)s2)n1. The number of aryl methyl sites for hydroxylation is 2. The summed E-state index contributed by atoms with van der Waals surface area (Å²) in [6.07, 6.45) is 4.79. The number of hydrogen-bond acceptors (Lipinski definition) is 6. The van der Waals surface area contributed by atoms with E-state index >= 15 is 0 Å². The van der Waals surface area contributed by atoms with Crippen molar-refractivity contribution >= 4 is 23.1 Å². The van der Waals surface area contributed by atoms with Gasteiger partial charge >= 0.3 is 0 Å². The number of nitrogens with zero attached hydrogens (tertiary/aromatic N) is 3. The van der Waals surface area contributed by atoms with Crippen molar-refractivity contribution < 1.29 is 0 Å². The van der Waals surface area contributed by atoms with E-state index in [1.807, 2.05) is 19.3 Å². The molecule has 5 nitrogen and oxygen atoms in total. The number of thiazole rings is 1. The van der Waals surface area contributed by atoms with Crippen molar-refractivity contribution in [3.8, 4) is 0 Å². The number of aromatic nitrogens is 3. The van der Waals surface area contributed by atoms with E-state index in [1.165, 1.54) is 4.88 Å². The highest BCUT2D eigenvalue weighted by Crippen LogP contribution is 2.24. The molecule has 2 heterocycles.